The highest BCUT2D eigenvalue weighted by Gasteiger charge is 2.18. The molecule has 2 rings (SSSR count). The Morgan fingerprint density at radius 3 is 2.56 bits per heavy atom. The number of hydrogen-bond acceptors (Lipinski definition) is 1. The van der Waals surface area contributed by atoms with E-state index in [9.17, 15) is 4.39 Å². The van der Waals surface area contributed by atoms with Crippen LogP contribution in [0.5, 0.6) is 0 Å². The summed E-state index contributed by atoms with van der Waals surface area (Å²) in [6.07, 6.45) is 0. The van der Waals surface area contributed by atoms with Gasteiger partial charge in [-0.05, 0) is 36.9 Å². The van der Waals surface area contributed by atoms with Gasteiger partial charge in [-0.25, -0.2) is 4.39 Å². The van der Waals surface area contributed by atoms with Crippen LogP contribution in [0.3, 0.4) is 0 Å². The predicted octanol–water partition coefficient (Wildman–Crippen LogP) is 4.55. The van der Waals surface area contributed by atoms with Gasteiger partial charge in [0.2, 0.25) is 0 Å². The number of nitrogens with one attached hydrogen (secondary N) is 1. The summed E-state index contributed by atoms with van der Waals surface area (Å²) in [5, 5.41) is 3.72. The Morgan fingerprint density at radius 1 is 1.17 bits per heavy atom. The molecule has 0 radical (unpaired) electrons. The van der Waals surface area contributed by atoms with Gasteiger partial charge < -0.3 is 5.32 Å². The monoisotopic (exact) mass is 327 g/mol. The molecule has 0 fully saturated rings. The van der Waals surface area contributed by atoms with E-state index in [-0.39, 0.29) is 11.9 Å². The van der Waals surface area contributed by atoms with E-state index < -0.39 is 0 Å². The Hall–Kier alpha value is -0.900. The first-order chi connectivity index (χ1) is 8.63. The van der Waals surface area contributed by atoms with E-state index in [0.717, 1.165) is 10.0 Å². The third-order valence-electron chi connectivity index (χ3n) is 2.77. The summed E-state index contributed by atoms with van der Waals surface area (Å²) >= 11 is 9.52. The summed E-state index contributed by atoms with van der Waals surface area (Å²) in [6.45, 7) is 0. The van der Waals surface area contributed by atoms with Crippen molar-refractivity contribution in [2.24, 2.45) is 0 Å². The molecule has 2 aromatic carbocycles. The van der Waals surface area contributed by atoms with Crippen molar-refractivity contribution in [3.63, 3.8) is 0 Å². The summed E-state index contributed by atoms with van der Waals surface area (Å²) in [5.74, 6) is -0.252. The van der Waals surface area contributed by atoms with Gasteiger partial charge in [-0.15, -0.1) is 0 Å². The smallest absolute Gasteiger partial charge is 0.128 e. The zero-order chi connectivity index (χ0) is 13.1. The molecule has 4 heteroatoms. The Kier molecular flexibility index (Phi) is 4.38. The van der Waals surface area contributed by atoms with Crippen LogP contribution in [0.1, 0.15) is 17.2 Å². The number of rotatable bonds is 3. The first kappa shape index (κ1) is 13.5. The van der Waals surface area contributed by atoms with E-state index in [1.807, 2.05) is 18.2 Å². The van der Waals surface area contributed by atoms with Gasteiger partial charge in [0.15, 0.2) is 0 Å². The van der Waals surface area contributed by atoms with Crippen LogP contribution in [0.15, 0.2) is 46.9 Å². The second kappa shape index (κ2) is 5.83. The van der Waals surface area contributed by atoms with Crippen LogP contribution in [0.2, 0.25) is 5.02 Å². The molecule has 18 heavy (non-hydrogen) atoms. The Labute approximate surface area is 119 Å². The van der Waals surface area contributed by atoms with Gasteiger partial charge in [0.1, 0.15) is 5.82 Å². The zero-order valence-electron chi connectivity index (χ0n) is 9.75. The largest absolute Gasteiger partial charge is 0.309 e. The third kappa shape index (κ3) is 2.74. The topological polar surface area (TPSA) is 12.0 Å². The first-order valence-electron chi connectivity index (χ1n) is 5.50. The van der Waals surface area contributed by atoms with Crippen LogP contribution in [0.25, 0.3) is 0 Å². The predicted molar refractivity (Wildman–Crippen MR) is 76.5 cm³/mol. The highest BCUT2D eigenvalue weighted by Crippen LogP contribution is 2.30. The van der Waals surface area contributed by atoms with Crippen LogP contribution in [-0.4, -0.2) is 7.05 Å². The molecule has 1 nitrogen and oxygen atoms in total. The molecule has 0 aliphatic carbocycles. The molecule has 94 valence electrons. The molecule has 0 amide bonds. The SMILES string of the molecule is CNC(c1cc(Br)ccc1F)c1ccccc1Cl. The lowest BCUT2D eigenvalue weighted by atomic mass is 9.98. The molecule has 0 aliphatic heterocycles. The lowest BCUT2D eigenvalue weighted by Gasteiger charge is -2.19. The minimum atomic E-state index is -0.267. The van der Waals surface area contributed by atoms with Gasteiger partial charge in [0, 0.05) is 15.1 Å². The molecule has 1 unspecified atom stereocenters. The van der Waals surface area contributed by atoms with E-state index in [4.69, 9.17) is 11.6 Å². The van der Waals surface area contributed by atoms with Crippen LogP contribution in [0.4, 0.5) is 4.39 Å². The fraction of sp³-hybridized carbons (Fsp3) is 0.143. The second-order valence-electron chi connectivity index (χ2n) is 3.91. The minimum absolute atomic E-state index is 0.252. The number of benzene rings is 2. The van der Waals surface area contributed by atoms with Crippen molar-refractivity contribution in [2.45, 2.75) is 6.04 Å². The quantitative estimate of drug-likeness (QED) is 0.871. The molecule has 1 N–H and O–H groups in total. The molecule has 0 aliphatic rings. The summed E-state index contributed by atoms with van der Waals surface area (Å²) in [6, 6.07) is 12.1. The maximum absolute atomic E-state index is 13.9. The van der Waals surface area contributed by atoms with Gasteiger partial charge in [-0.3, -0.25) is 0 Å². The molecule has 0 saturated heterocycles. The van der Waals surface area contributed by atoms with Gasteiger partial charge in [0.25, 0.3) is 0 Å². The third-order valence-corrected chi connectivity index (χ3v) is 3.61. The standard InChI is InChI=1S/C14H12BrClFN/c1-18-14(10-4-2-3-5-12(10)16)11-8-9(15)6-7-13(11)17/h2-8,14,18H,1H3. The average molecular weight is 329 g/mol. The lowest BCUT2D eigenvalue weighted by molar-refractivity contribution is 0.576. The van der Waals surface area contributed by atoms with Crippen molar-refractivity contribution in [1.29, 1.82) is 0 Å². The second-order valence-corrected chi connectivity index (χ2v) is 5.23. The summed E-state index contributed by atoms with van der Waals surface area (Å²) in [4.78, 5) is 0. The van der Waals surface area contributed by atoms with Crippen molar-refractivity contribution < 1.29 is 4.39 Å². The van der Waals surface area contributed by atoms with Crippen LogP contribution in [-0.2, 0) is 0 Å². The molecule has 1 atom stereocenters. The van der Waals surface area contributed by atoms with Gasteiger partial charge in [0.05, 0.1) is 6.04 Å². The molecule has 0 aromatic heterocycles. The molecule has 0 spiro atoms. The minimum Gasteiger partial charge on any atom is -0.309 e. The van der Waals surface area contributed by atoms with Crippen LogP contribution in [0, 0.1) is 5.82 Å². The molecule has 0 heterocycles. The van der Waals surface area contributed by atoms with E-state index in [1.54, 1.807) is 25.2 Å². The van der Waals surface area contributed by atoms with Crippen molar-refractivity contribution in [1.82, 2.24) is 5.32 Å². The van der Waals surface area contributed by atoms with Crippen molar-refractivity contribution in [3.05, 3.63) is 68.9 Å². The highest BCUT2D eigenvalue weighted by atomic mass is 79.9. The fourth-order valence-corrected chi connectivity index (χ4v) is 2.55. The van der Waals surface area contributed by atoms with Crippen molar-refractivity contribution in [2.75, 3.05) is 7.05 Å². The summed E-state index contributed by atoms with van der Waals surface area (Å²) < 4.78 is 14.8. The summed E-state index contributed by atoms with van der Waals surface area (Å²) in [7, 11) is 1.79. The lowest BCUT2D eigenvalue weighted by Crippen LogP contribution is -2.19. The van der Waals surface area contributed by atoms with Gasteiger partial charge >= 0.3 is 0 Å². The molecular weight excluding hydrogens is 317 g/mol. The van der Waals surface area contributed by atoms with Crippen molar-refractivity contribution in [3.8, 4) is 0 Å². The maximum Gasteiger partial charge on any atom is 0.128 e. The Balaban J connectivity index is 2.52. The molecule has 2 aromatic rings. The van der Waals surface area contributed by atoms with E-state index >= 15 is 0 Å². The maximum atomic E-state index is 13.9. The molecule has 0 saturated carbocycles. The van der Waals surface area contributed by atoms with E-state index in [1.165, 1.54) is 6.07 Å². The molecule has 0 bridgehead atoms. The Bertz CT molecular complexity index is 559. The van der Waals surface area contributed by atoms with Crippen LogP contribution >= 0.6 is 27.5 Å². The fourth-order valence-electron chi connectivity index (χ4n) is 1.92. The van der Waals surface area contributed by atoms with Gasteiger partial charge in [-0.1, -0.05) is 45.7 Å². The van der Waals surface area contributed by atoms with E-state index in [2.05, 4.69) is 21.2 Å². The zero-order valence-corrected chi connectivity index (χ0v) is 12.1. The van der Waals surface area contributed by atoms with E-state index in [0.29, 0.717) is 10.6 Å². The summed E-state index contributed by atoms with van der Waals surface area (Å²) in [5.41, 5.74) is 1.43. The van der Waals surface area contributed by atoms with Gasteiger partial charge in [-0.2, -0.15) is 0 Å². The normalized spacial score (nSPS) is 12.4. The van der Waals surface area contributed by atoms with Crippen LogP contribution < -0.4 is 5.32 Å². The number of hydrogen-bond donors (Lipinski definition) is 1. The highest BCUT2D eigenvalue weighted by molar-refractivity contribution is 9.10. The Morgan fingerprint density at radius 2 is 1.89 bits per heavy atom. The molecular formula is C14H12BrClFN. The van der Waals surface area contributed by atoms with Crippen molar-refractivity contribution >= 4 is 27.5 Å². The average Bonchev–Trinajstić information content (AvgIpc) is 2.36. The number of halogens is 3. The first-order valence-corrected chi connectivity index (χ1v) is 6.67.